The number of aromatic nitrogens is 4. The largest absolute Gasteiger partial charge is 0.414 e. The molecule has 0 N–H and O–H groups in total. The van der Waals surface area contributed by atoms with E-state index in [1.54, 1.807) is 11.2 Å². The van der Waals surface area contributed by atoms with Gasteiger partial charge in [0.1, 0.15) is 12.2 Å². The molecule has 4 atom stereocenters. The Morgan fingerprint density at radius 1 is 1.09 bits per heavy atom. The van der Waals surface area contributed by atoms with E-state index >= 15 is 4.39 Å². The average Bonchev–Trinajstić information content (AvgIpc) is 3.62. The van der Waals surface area contributed by atoms with E-state index < -0.39 is 53.1 Å². The first-order chi connectivity index (χ1) is 20.2. The zero-order valence-electron chi connectivity index (χ0n) is 28.4. The van der Waals surface area contributed by atoms with Crippen LogP contribution < -0.4 is 5.56 Å². The van der Waals surface area contributed by atoms with Gasteiger partial charge in [-0.1, -0.05) is 41.5 Å². The molecule has 15 heteroatoms. The minimum atomic E-state index is -2.40. The fourth-order valence-electron chi connectivity index (χ4n) is 4.48. The molecule has 4 heterocycles. The highest BCUT2D eigenvalue weighted by atomic mass is 28.4. The Morgan fingerprint density at radius 3 is 2.27 bits per heavy atom. The first-order valence-corrected chi connectivity index (χ1v) is 21.1. The summed E-state index contributed by atoms with van der Waals surface area (Å²) in [4.78, 5) is 28.9. The second kappa shape index (κ2) is 12.6. The van der Waals surface area contributed by atoms with Gasteiger partial charge in [0.15, 0.2) is 46.5 Å². The number of halogens is 1. The third kappa shape index (κ3) is 7.18. The zero-order chi connectivity index (χ0) is 32.8. The standard InChI is InChI=1S/C29H51FN6O6Si2/c1-28(2,3)43(9,10)40-16-19-23(42-44(11,12)29(4,5)6)21(30)26(41-19)36-18-31-22-24(36)33-27(32-17-34(7)8)35(25(22)37)15-20-38-13-14-39-20/h17-21,23,26H,13-16H2,1-12H3/t19-,21+,23-,26-/m1/s1. The number of alkyl halides is 1. The van der Waals surface area contributed by atoms with Crippen molar-refractivity contribution >= 4 is 40.1 Å². The molecule has 0 unspecified atom stereocenters. The molecule has 44 heavy (non-hydrogen) atoms. The lowest BCUT2D eigenvalue weighted by molar-refractivity contribution is -0.0528. The van der Waals surface area contributed by atoms with Crippen LogP contribution in [0.3, 0.4) is 0 Å². The maximum Gasteiger partial charge on any atom is 0.283 e. The Hall–Kier alpha value is -2.02. The number of nitrogens with zero attached hydrogens (tertiary/aromatic N) is 6. The quantitative estimate of drug-likeness (QED) is 0.202. The average molecular weight is 655 g/mol. The van der Waals surface area contributed by atoms with E-state index in [2.05, 4.69) is 77.7 Å². The molecule has 2 aliphatic rings. The van der Waals surface area contributed by atoms with Crippen LogP contribution in [-0.2, 0) is 29.6 Å². The van der Waals surface area contributed by atoms with Gasteiger partial charge in [-0.15, -0.1) is 0 Å². The highest BCUT2D eigenvalue weighted by molar-refractivity contribution is 6.74. The Kier molecular flexibility index (Phi) is 10.0. The molecule has 2 fully saturated rings. The maximum atomic E-state index is 16.7. The number of ether oxygens (including phenoxy) is 3. The molecular formula is C29H51FN6O6Si2. The topological polar surface area (TPSA) is 114 Å². The predicted molar refractivity (Wildman–Crippen MR) is 173 cm³/mol. The maximum absolute atomic E-state index is 16.7. The molecule has 12 nitrogen and oxygen atoms in total. The van der Waals surface area contributed by atoms with E-state index in [-0.39, 0.29) is 40.3 Å². The van der Waals surface area contributed by atoms with Crippen LogP contribution in [-0.4, -0.2) is 106 Å². The van der Waals surface area contributed by atoms with E-state index in [0.717, 1.165) is 0 Å². The van der Waals surface area contributed by atoms with Crippen LogP contribution in [0.5, 0.6) is 0 Å². The van der Waals surface area contributed by atoms with Crippen molar-refractivity contribution in [2.24, 2.45) is 4.99 Å². The summed E-state index contributed by atoms with van der Waals surface area (Å²) in [6, 6.07) is 0. The van der Waals surface area contributed by atoms with Crippen LogP contribution in [0.25, 0.3) is 11.2 Å². The third-order valence-corrected chi connectivity index (χ3v) is 18.3. The summed E-state index contributed by atoms with van der Waals surface area (Å²) in [7, 11) is -0.949. The summed E-state index contributed by atoms with van der Waals surface area (Å²) in [5.41, 5.74) is -0.181. The van der Waals surface area contributed by atoms with Gasteiger partial charge >= 0.3 is 0 Å². The number of rotatable bonds is 10. The van der Waals surface area contributed by atoms with Gasteiger partial charge in [-0.25, -0.2) is 14.4 Å². The van der Waals surface area contributed by atoms with Gasteiger partial charge in [0.25, 0.3) is 5.56 Å². The van der Waals surface area contributed by atoms with Crippen molar-refractivity contribution in [1.29, 1.82) is 0 Å². The Labute approximate surface area is 262 Å². The van der Waals surface area contributed by atoms with Crippen LogP contribution in [0.2, 0.25) is 36.3 Å². The predicted octanol–water partition coefficient (Wildman–Crippen LogP) is 4.84. The van der Waals surface area contributed by atoms with Crippen LogP contribution in [0.4, 0.5) is 10.3 Å². The molecule has 0 saturated carbocycles. The third-order valence-electron chi connectivity index (χ3n) is 9.28. The summed E-state index contributed by atoms with van der Waals surface area (Å²) in [5, 5.41) is -0.172. The molecule has 0 aromatic carbocycles. The molecule has 248 valence electrons. The molecular weight excluding hydrogens is 604 g/mol. The number of hydrogen-bond donors (Lipinski definition) is 0. The second-order valence-corrected chi connectivity index (χ2v) is 24.5. The molecule has 0 radical (unpaired) electrons. The summed E-state index contributed by atoms with van der Waals surface area (Å²) in [6.07, 6.45) is -1.88. The molecule has 4 rings (SSSR count). The van der Waals surface area contributed by atoms with E-state index in [0.29, 0.717) is 13.2 Å². The minimum Gasteiger partial charge on any atom is -0.414 e. The lowest BCUT2D eigenvalue weighted by Gasteiger charge is -2.40. The van der Waals surface area contributed by atoms with Crippen molar-refractivity contribution in [1.82, 2.24) is 24.0 Å². The molecule has 2 aromatic heterocycles. The van der Waals surface area contributed by atoms with Gasteiger partial charge in [0.2, 0.25) is 5.95 Å². The monoisotopic (exact) mass is 654 g/mol. The van der Waals surface area contributed by atoms with E-state index in [4.69, 9.17) is 28.0 Å². The summed E-state index contributed by atoms with van der Waals surface area (Å²) < 4.78 is 50.3. The van der Waals surface area contributed by atoms with Gasteiger partial charge in [-0.3, -0.25) is 13.9 Å². The highest BCUT2D eigenvalue weighted by Gasteiger charge is 2.52. The molecule has 0 amide bonds. The molecule has 2 aromatic rings. The molecule has 0 aliphatic carbocycles. The Morgan fingerprint density at radius 2 is 1.70 bits per heavy atom. The smallest absolute Gasteiger partial charge is 0.283 e. The van der Waals surface area contributed by atoms with Crippen molar-refractivity contribution in [2.75, 3.05) is 33.9 Å². The molecule has 0 bridgehead atoms. The Balaban J connectivity index is 1.75. The van der Waals surface area contributed by atoms with E-state index in [9.17, 15) is 4.79 Å². The molecule has 2 saturated heterocycles. The summed E-state index contributed by atoms with van der Waals surface area (Å²) in [5.74, 6) is 0.123. The first-order valence-electron chi connectivity index (χ1n) is 15.3. The van der Waals surface area contributed by atoms with Gasteiger partial charge < -0.3 is 28.0 Å². The first kappa shape index (κ1) is 34.8. The highest BCUT2D eigenvalue weighted by Crippen LogP contribution is 2.44. The van der Waals surface area contributed by atoms with Gasteiger partial charge in [-0.05, 0) is 36.3 Å². The SMILES string of the molecule is CN(C)C=Nc1nc2c(ncn2[C@@H]2O[C@H](CO[Si](C)(C)C(C)(C)C)[C@@H](O[Si](C)(C)C(C)(C)C)[C@@H]2F)c(=O)n1CC1OCCO1. The fourth-order valence-corrected chi connectivity index (χ4v) is 6.81. The van der Waals surface area contributed by atoms with Gasteiger partial charge in [0, 0.05) is 14.1 Å². The fraction of sp³-hybridized carbons (Fsp3) is 0.793. The van der Waals surface area contributed by atoms with Crippen LogP contribution in [0.1, 0.15) is 47.8 Å². The Bertz CT molecular complexity index is 1390. The second-order valence-electron chi connectivity index (χ2n) is 15.0. The van der Waals surface area contributed by atoms with Crippen molar-refractivity contribution in [2.45, 2.75) is 115 Å². The van der Waals surface area contributed by atoms with Crippen molar-refractivity contribution < 1.29 is 27.5 Å². The van der Waals surface area contributed by atoms with Gasteiger partial charge in [0.05, 0.1) is 39.0 Å². The van der Waals surface area contributed by atoms with Crippen LogP contribution in [0.15, 0.2) is 16.1 Å². The summed E-state index contributed by atoms with van der Waals surface area (Å²) >= 11 is 0. The number of aliphatic imine (C=N–C) groups is 1. The summed E-state index contributed by atoms with van der Waals surface area (Å²) in [6.45, 7) is 22.5. The molecule has 2 aliphatic heterocycles. The number of fused-ring (bicyclic) bond motifs is 1. The van der Waals surface area contributed by atoms with Crippen molar-refractivity contribution in [3.8, 4) is 0 Å². The van der Waals surface area contributed by atoms with Crippen molar-refractivity contribution in [3.63, 3.8) is 0 Å². The molecule has 0 spiro atoms. The normalized spacial score (nSPS) is 24.3. The zero-order valence-corrected chi connectivity index (χ0v) is 30.4. The number of imidazole rings is 1. The number of hydrogen-bond acceptors (Lipinski definition) is 9. The van der Waals surface area contributed by atoms with E-state index in [1.165, 1.54) is 15.5 Å². The van der Waals surface area contributed by atoms with Crippen molar-refractivity contribution in [3.05, 3.63) is 16.7 Å². The van der Waals surface area contributed by atoms with Gasteiger partial charge in [-0.2, -0.15) is 4.98 Å². The lowest BCUT2D eigenvalue weighted by atomic mass is 10.1. The van der Waals surface area contributed by atoms with Crippen LogP contribution >= 0.6 is 0 Å². The minimum absolute atomic E-state index is 0.0294. The lowest BCUT2D eigenvalue weighted by Crippen LogP contribution is -2.50. The van der Waals surface area contributed by atoms with Crippen LogP contribution in [0, 0.1) is 0 Å². The van der Waals surface area contributed by atoms with E-state index in [1.807, 2.05) is 14.1 Å².